The maximum atomic E-state index is 10.3. The Balaban J connectivity index is 0.000000222. The van der Waals surface area contributed by atoms with Gasteiger partial charge < -0.3 is 20.2 Å². The molecule has 3 rings (SSSR count). The third kappa shape index (κ3) is 8.46. The van der Waals surface area contributed by atoms with Crippen molar-refractivity contribution >= 4 is 6.29 Å². The lowest BCUT2D eigenvalue weighted by atomic mass is 10.1. The van der Waals surface area contributed by atoms with Gasteiger partial charge in [0.25, 0.3) is 0 Å². The molecule has 2 heterocycles. The summed E-state index contributed by atoms with van der Waals surface area (Å²) in [6, 6.07) is 11.2. The number of benzene rings is 1. The zero-order valence-corrected chi connectivity index (χ0v) is 15.8. The molecule has 7 heteroatoms. The Morgan fingerprint density at radius 3 is 2.31 bits per heavy atom. The Labute approximate surface area is 155 Å². The number of allylic oxidation sites excluding steroid dienone is 1. The first kappa shape index (κ1) is 21.4. The molecule has 0 amide bonds. The van der Waals surface area contributed by atoms with E-state index in [9.17, 15) is 4.79 Å². The molecule has 1 aromatic heterocycles. The molecule has 142 valence electrons. The largest absolute Gasteiger partial charge is 0.401 e. The van der Waals surface area contributed by atoms with E-state index in [0.29, 0.717) is 12.0 Å². The lowest BCUT2D eigenvalue weighted by Gasteiger charge is -2.24. The molecule has 1 aliphatic rings. The number of nitrogens with zero attached hydrogens (tertiary/aromatic N) is 3. The fourth-order valence-electron chi connectivity index (χ4n) is 1.92. The van der Waals surface area contributed by atoms with Crippen LogP contribution < -0.4 is 11.6 Å². The number of hydrogen-bond acceptors (Lipinski definition) is 7. The molecule has 2 aromatic rings. The normalized spacial score (nSPS) is 13.5. The third-order valence-electron chi connectivity index (χ3n) is 3.57. The van der Waals surface area contributed by atoms with Crippen molar-refractivity contribution in [3.05, 3.63) is 54.1 Å². The summed E-state index contributed by atoms with van der Waals surface area (Å²) in [4.78, 5) is 12.6. The van der Waals surface area contributed by atoms with Gasteiger partial charge in [-0.25, -0.2) is 5.84 Å². The van der Waals surface area contributed by atoms with Gasteiger partial charge >= 0.3 is 0 Å². The van der Waals surface area contributed by atoms with Crippen LogP contribution >= 0.6 is 0 Å². The second-order valence-electron chi connectivity index (χ2n) is 5.98. The lowest BCUT2D eigenvalue weighted by molar-refractivity contribution is 0.109. The first-order valence-corrected chi connectivity index (χ1v) is 8.55. The van der Waals surface area contributed by atoms with Gasteiger partial charge in [0, 0.05) is 30.6 Å². The van der Waals surface area contributed by atoms with E-state index in [1.165, 1.54) is 24.5 Å². The predicted molar refractivity (Wildman–Crippen MR) is 104 cm³/mol. The number of aldehydes is 1. The van der Waals surface area contributed by atoms with E-state index in [2.05, 4.69) is 17.1 Å². The molecule has 26 heavy (non-hydrogen) atoms. The van der Waals surface area contributed by atoms with Gasteiger partial charge in [0.15, 0.2) is 12.0 Å². The molecule has 1 fully saturated rings. The quantitative estimate of drug-likeness (QED) is 0.491. The van der Waals surface area contributed by atoms with Crippen molar-refractivity contribution < 1.29 is 9.32 Å². The van der Waals surface area contributed by atoms with Crippen LogP contribution in [0.3, 0.4) is 0 Å². The highest BCUT2D eigenvalue weighted by atomic mass is 16.5. The van der Waals surface area contributed by atoms with E-state index in [-0.39, 0.29) is 5.76 Å². The van der Waals surface area contributed by atoms with Crippen molar-refractivity contribution in [2.24, 2.45) is 11.6 Å². The van der Waals surface area contributed by atoms with Crippen LogP contribution in [0, 0.1) is 0 Å². The van der Waals surface area contributed by atoms with Crippen LogP contribution in [0.2, 0.25) is 0 Å². The zero-order valence-electron chi connectivity index (χ0n) is 15.8. The van der Waals surface area contributed by atoms with Gasteiger partial charge in [-0.3, -0.25) is 4.79 Å². The number of hydrogen-bond donors (Lipinski definition) is 2. The minimum Gasteiger partial charge on any atom is -0.401 e. The number of carbonyl (C=O) groups excluding carboxylic acids is 1. The van der Waals surface area contributed by atoms with Crippen LogP contribution in [0.25, 0.3) is 11.3 Å². The minimum atomic E-state index is 0.249. The first-order chi connectivity index (χ1) is 12.5. The molecule has 0 saturated carbocycles. The maximum absolute atomic E-state index is 10.3. The van der Waals surface area contributed by atoms with Gasteiger partial charge in [-0.05, 0) is 33.0 Å². The van der Waals surface area contributed by atoms with Gasteiger partial charge in [-0.2, -0.15) is 0 Å². The molecule has 1 aliphatic heterocycles. The standard InChI is InChI=1S/C10H7NO2.C5H13N3.C4H9N/c12-7-9-6-10(11-13-9)8-4-2-1-3-5-8;1-3-5(6)4-8(2)7;1-5-3-2-4-5/h1-7H;4H,3,6-7H2,1-2H3;2-4H2,1H3/b;5-4-;. The average molecular weight is 359 g/mol. The number of nitrogens with two attached hydrogens (primary N) is 2. The Kier molecular flexibility index (Phi) is 9.74. The van der Waals surface area contributed by atoms with Crippen LogP contribution in [-0.4, -0.2) is 48.5 Å². The number of carbonyl (C=O) groups is 1. The lowest BCUT2D eigenvalue weighted by Crippen LogP contribution is -2.32. The summed E-state index contributed by atoms with van der Waals surface area (Å²) >= 11 is 0. The van der Waals surface area contributed by atoms with Crippen LogP contribution in [0.4, 0.5) is 0 Å². The minimum absolute atomic E-state index is 0.249. The second kappa shape index (κ2) is 11.8. The summed E-state index contributed by atoms with van der Waals surface area (Å²) in [6.45, 7) is 4.62. The SMILES string of the molecule is CC/C(N)=C/N(C)N.CN1CCC1.O=Cc1cc(-c2ccccc2)no1. The van der Waals surface area contributed by atoms with Gasteiger partial charge in [0.1, 0.15) is 5.69 Å². The fourth-order valence-corrected chi connectivity index (χ4v) is 1.92. The van der Waals surface area contributed by atoms with E-state index < -0.39 is 0 Å². The molecule has 7 nitrogen and oxygen atoms in total. The first-order valence-electron chi connectivity index (χ1n) is 8.55. The highest BCUT2D eigenvalue weighted by Gasteiger charge is 2.05. The molecular weight excluding hydrogens is 330 g/mol. The van der Waals surface area contributed by atoms with Crippen molar-refractivity contribution in [1.29, 1.82) is 0 Å². The molecule has 0 bridgehead atoms. The molecule has 4 N–H and O–H groups in total. The molecular formula is C19H29N5O2. The summed E-state index contributed by atoms with van der Waals surface area (Å²) in [7, 11) is 3.88. The van der Waals surface area contributed by atoms with Crippen LogP contribution in [0.15, 0.2) is 52.8 Å². The third-order valence-corrected chi connectivity index (χ3v) is 3.57. The van der Waals surface area contributed by atoms with Crippen molar-refractivity contribution in [3.63, 3.8) is 0 Å². The van der Waals surface area contributed by atoms with E-state index in [4.69, 9.17) is 16.1 Å². The highest BCUT2D eigenvalue weighted by molar-refractivity contribution is 5.73. The van der Waals surface area contributed by atoms with E-state index in [0.717, 1.165) is 17.7 Å². The summed E-state index contributed by atoms with van der Waals surface area (Å²) in [5.74, 6) is 5.49. The van der Waals surface area contributed by atoms with Gasteiger partial charge in [-0.15, -0.1) is 0 Å². The zero-order chi connectivity index (χ0) is 19.4. The number of aromatic nitrogens is 1. The fraction of sp³-hybridized carbons (Fsp3) is 0.368. The Morgan fingerprint density at radius 1 is 1.35 bits per heavy atom. The molecule has 0 radical (unpaired) electrons. The van der Waals surface area contributed by atoms with E-state index >= 15 is 0 Å². The predicted octanol–water partition coefficient (Wildman–Crippen LogP) is 2.48. The summed E-state index contributed by atoms with van der Waals surface area (Å²) in [5.41, 5.74) is 7.84. The molecule has 1 saturated heterocycles. The topological polar surface area (TPSA) is 102 Å². The van der Waals surface area contributed by atoms with Crippen molar-refractivity contribution in [2.75, 3.05) is 27.2 Å². The molecule has 0 aliphatic carbocycles. The summed E-state index contributed by atoms with van der Waals surface area (Å²) in [5, 5.41) is 5.19. The molecule has 0 atom stereocenters. The van der Waals surface area contributed by atoms with Crippen LogP contribution in [0.5, 0.6) is 0 Å². The summed E-state index contributed by atoms with van der Waals surface area (Å²) < 4.78 is 4.75. The van der Waals surface area contributed by atoms with E-state index in [1.54, 1.807) is 19.3 Å². The second-order valence-corrected chi connectivity index (χ2v) is 5.98. The van der Waals surface area contributed by atoms with Crippen molar-refractivity contribution in [1.82, 2.24) is 15.1 Å². The Hall–Kier alpha value is -2.64. The van der Waals surface area contributed by atoms with Crippen molar-refractivity contribution in [3.8, 4) is 11.3 Å². The number of hydrazine groups is 1. The molecule has 0 unspecified atom stereocenters. The summed E-state index contributed by atoms with van der Waals surface area (Å²) in [6.07, 6.45) is 4.59. The van der Waals surface area contributed by atoms with Crippen LogP contribution in [0.1, 0.15) is 30.3 Å². The Bertz CT molecular complexity index is 664. The highest BCUT2D eigenvalue weighted by Crippen LogP contribution is 2.17. The van der Waals surface area contributed by atoms with Crippen molar-refractivity contribution in [2.45, 2.75) is 19.8 Å². The Morgan fingerprint density at radius 2 is 1.96 bits per heavy atom. The van der Waals surface area contributed by atoms with Gasteiger partial charge in [0.05, 0.1) is 0 Å². The van der Waals surface area contributed by atoms with Gasteiger partial charge in [0.2, 0.25) is 0 Å². The van der Waals surface area contributed by atoms with Crippen LogP contribution in [-0.2, 0) is 0 Å². The monoisotopic (exact) mass is 359 g/mol. The molecule has 0 spiro atoms. The van der Waals surface area contributed by atoms with E-state index in [1.807, 2.05) is 37.3 Å². The maximum Gasteiger partial charge on any atom is 0.199 e. The van der Waals surface area contributed by atoms with Gasteiger partial charge in [-0.1, -0.05) is 42.4 Å². The smallest absolute Gasteiger partial charge is 0.199 e. The average Bonchev–Trinajstić information content (AvgIpc) is 3.10. The number of rotatable bonds is 4. The molecule has 1 aromatic carbocycles. The number of likely N-dealkylation sites (tertiary alicyclic amines) is 1.